The fourth-order valence-electron chi connectivity index (χ4n) is 2.94. The zero-order valence-corrected chi connectivity index (χ0v) is 17.2. The molecule has 0 bridgehead atoms. The van der Waals surface area contributed by atoms with Crippen molar-refractivity contribution in [3.8, 4) is 0 Å². The maximum atomic E-state index is 13.5. The normalized spacial score (nSPS) is 18.1. The van der Waals surface area contributed by atoms with Gasteiger partial charge in [-0.3, -0.25) is 4.79 Å². The van der Waals surface area contributed by atoms with Gasteiger partial charge in [-0.2, -0.15) is 4.31 Å². The topological polar surface area (TPSA) is 95.9 Å². The second kappa shape index (κ2) is 9.36. The lowest BCUT2D eigenvalue weighted by Crippen LogP contribution is -2.34. The fourth-order valence-corrected chi connectivity index (χ4v) is 4.79. The Bertz CT molecular complexity index is 1050. The van der Waals surface area contributed by atoms with Gasteiger partial charge in [0.2, 0.25) is 10.0 Å². The van der Waals surface area contributed by atoms with Gasteiger partial charge in [0.1, 0.15) is 12.5 Å². The SMILES string of the molecule is O=C(Nc1ccc(F)c(Cl)c1)c1ccc(CF)c(S(=O)(=O)N2CCOC(O)CC2)c1. The molecule has 0 radical (unpaired) electrons. The number of aliphatic hydroxyl groups is 1. The van der Waals surface area contributed by atoms with Crippen molar-refractivity contribution in [2.24, 2.45) is 0 Å². The Labute approximate surface area is 177 Å². The van der Waals surface area contributed by atoms with Crippen molar-refractivity contribution in [3.63, 3.8) is 0 Å². The molecule has 2 aromatic carbocycles. The molecular weight excluding hydrogens is 442 g/mol. The lowest BCUT2D eigenvalue weighted by atomic mass is 10.1. The van der Waals surface area contributed by atoms with Crippen LogP contribution in [0.3, 0.4) is 0 Å². The summed E-state index contributed by atoms with van der Waals surface area (Å²) in [5.41, 5.74) is 0.0865. The Morgan fingerprint density at radius 2 is 2.03 bits per heavy atom. The molecule has 1 aliphatic heterocycles. The van der Waals surface area contributed by atoms with Gasteiger partial charge in [-0.1, -0.05) is 17.7 Å². The predicted octanol–water partition coefficient (Wildman–Crippen LogP) is 2.93. The van der Waals surface area contributed by atoms with Crippen LogP contribution in [0.25, 0.3) is 0 Å². The largest absolute Gasteiger partial charge is 0.368 e. The summed E-state index contributed by atoms with van der Waals surface area (Å²) in [6, 6.07) is 7.20. The number of carbonyl (C=O) groups excluding carboxylic acids is 1. The molecule has 0 aromatic heterocycles. The van der Waals surface area contributed by atoms with E-state index < -0.39 is 34.7 Å². The van der Waals surface area contributed by atoms with E-state index >= 15 is 0 Å². The average molecular weight is 461 g/mol. The number of alkyl halides is 1. The van der Waals surface area contributed by atoms with Crippen molar-refractivity contribution in [3.05, 3.63) is 58.4 Å². The highest BCUT2D eigenvalue weighted by atomic mass is 35.5. The molecule has 7 nitrogen and oxygen atoms in total. The number of ether oxygens (including phenoxy) is 1. The van der Waals surface area contributed by atoms with Gasteiger partial charge in [0, 0.05) is 36.3 Å². The molecule has 1 amide bonds. The van der Waals surface area contributed by atoms with Gasteiger partial charge < -0.3 is 15.2 Å². The Morgan fingerprint density at radius 3 is 2.73 bits per heavy atom. The molecule has 2 N–H and O–H groups in total. The van der Waals surface area contributed by atoms with Gasteiger partial charge in [-0.15, -0.1) is 0 Å². The van der Waals surface area contributed by atoms with Crippen LogP contribution < -0.4 is 5.32 Å². The smallest absolute Gasteiger partial charge is 0.255 e. The standard InChI is InChI=1S/C19H19ClF2N2O5S/c20-15-10-14(3-4-16(15)22)23-19(26)12-1-2-13(11-21)17(9-12)30(27,28)24-6-5-18(25)29-8-7-24/h1-4,9-10,18,25H,5-8,11H2,(H,23,26). The first-order valence-electron chi connectivity index (χ1n) is 8.97. The monoisotopic (exact) mass is 460 g/mol. The van der Waals surface area contributed by atoms with E-state index in [1.807, 2.05) is 0 Å². The molecular formula is C19H19ClF2N2O5S. The molecule has 1 aliphatic rings. The summed E-state index contributed by atoms with van der Waals surface area (Å²) in [7, 11) is -4.14. The molecule has 162 valence electrons. The van der Waals surface area contributed by atoms with Crippen LogP contribution in [0.2, 0.25) is 5.02 Å². The number of hydrogen-bond donors (Lipinski definition) is 2. The molecule has 30 heavy (non-hydrogen) atoms. The first-order chi connectivity index (χ1) is 14.2. The molecule has 1 heterocycles. The number of sulfonamides is 1. The predicted molar refractivity (Wildman–Crippen MR) is 106 cm³/mol. The van der Waals surface area contributed by atoms with E-state index in [0.29, 0.717) is 0 Å². The van der Waals surface area contributed by atoms with Crippen molar-refractivity contribution in [1.82, 2.24) is 4.31 Å². The van der Waals surface area contributed by atoms with Crippen molar-refractivity contribution >= 4 is 33.2 Å². The number of amides is 1. The molecule has 0 aliphatic carbocycles. The van der Waals surface area contributed by atoms with Crippen molar-refractivity contribution in [2.45, 2.75) is 24.3 Å². The lowest BCUT2D eigenvalue weighted by Gasteiger charge is -2.21. The van der Waals surface area contributed by atoms with Crippen LogP contribution in [-0.4, -0.2) is 49.7 Å². The van der Waals surface area contributed by atoms with Gasteiger partial charge in [0.25, 0.3) is 5.91 Å². The first-order valence-corrected chi connectivity index (χ1v) is 10.8. The van der Waals surface area contributed by atoms with Crippen LogP contribution in [0.4, 0.5) is 14.5 Å². The third-order valence-electron chi connectivity index (χ3n) is 4.54. The second-order valence-corrected chi connectivity index (χ2v) is 8.87. The van der Waals surface area contributed by atoms with Crippen molar-refractivity contribution in [2.75, 3.05) is 25.0 Å². The minimum absolute atomic E-state index is 0.0142. The highest BCUT2D eigenvalue weighted by Crippen LogP contribution is 2.25. The zero-order chi connectivity index (χ0) is 21.9. The van der Waals surface area contributed by atoms with Gasteiger partial charge >= 0.3 is 0 Å². The number of nitrogens with one attached hydrogen (secondary N) is 1. The summed E-state index contributed by atoms with van der Waals surface area (Å²) >= 11 is 5.70. The Kier molecular flexibility index (Phi) is 7.04. The maximum absolute atomic E-state index is 13.5. The van der Waals surface area contributed by atoms with E-state index in [4.69, 9.17) is 16.3 Å². The number of carbonyl (C=O) groups is 1. The number of anilines is 1. The third-order valence-corrected chi connectivity index (χ3v) is 6.82. The quantitative estimate of drug-likeness (QED) is 0.715. The fraction of sp³-hybridized carbons (Fsp3) is 0.316. The van der Waals surface area contributed by atoms with Gasteiger partial charge in [0.15, 0.2) is 6.29 Å². The van der Waals surface area contributed by atoms with E-state index in [-0.39, 0.29) is 52.8 Å². The highest BCUT2D eigenvalue weighted by molar-refractivity contribution is 7.89. The van der Waals surface area contributed by atoms with Crippen LogP contribution in [-0.2, 0) is 21.4 Å². The van der Waals surface area contributed by atoms with E-state index in [2.05, 4.69) is 5.32 Å². The van der Waals surface area contributed by atoms with Crippen molar-refractivity contribution in [1.29, 1.82) is 0 Å². The number of aliphatic hydroxyl groups excluding tert-OH is 1. The Balaban J connectivity index is 1.90. The second-order valence-electron chi connectivity index (χ2n) is 6.56. The Hall–Kier alpha value is -2.11. The molecule has 1 atom stereocenters. The van der Waals surface area contributed by atoms with Crippen LogP contribution in [0.1, 0.15) is 22.3 Å². The zero-order valence-electron chi connectivity index (χ0n) is 15.6. The minimum Gasteiger partial charge on any atom is -0.368 e. The van der Waals surface area contributed by atoms with Crippen LogP contribution in [0.15, 0.2) is 41.3 Å². The molecule has 1 fully saturated rings. The Morgan fingerprint density at radius 1 is 1.27 bits per heavy atom. The van der Waals surface area contributed by atoms with E-state index in [1.165, 1.54) is 24.3 Å². The molecule has 1 unspecified atom stereocenters. The van der Waals surface area contributed by atoms with Crippen LogP contribution >= 0.6 is 11.6 Å². The van der Waals surface area contributed by atoms with E-state index in [0.717, 1.165) is 16.4 Å². The summed E-state index contributed by atoms with van der Waals surface area (Å²) in [5, 5.41) is 11.9. The van der Waals surface area contributed by atoms with Gasteiger partial charge in [-0.25, -0.2) is 17.2 Å². The average Bonchev–Trinajstić information content (AvgIpc) is 2.95. The lowest BCUT2D eigenvalue weighted by molar-refractivity contribution is -0.0919. The van der Waals surface area contributed by atoms with Crippen LogP contribution in [0, 0.1) is 5.82 Å². The maximum Gasteiger partial charge on any atom is 0.255 e. The first kappa shape index (κ1) is 22.6. The van der Waals surface area contributed by atoms with E-state index in [1.54, 1.807) is 0 Å². The highest BCUT2D eigenvalue weighted by Gasteiger charge is 2.30. The number of hydrogen-bond acceptors (Lipinski definition) is 5. The van der Waals surface area contributed by atoms with Gasteiger partial charge in [-0.05, 0) is 30.3 Å². The number of benzene rings is 2. The molecule has 0 saturated carbocycles. The van der Waals surface area contributed by atoms with Crippen molar-refractivity contribution < 1.29 is 31.8 Å². The summed E-state index contributed by atoms with van der Waals surface area (Å²) in [4.78, 5) is 12.2. The van der Waals surface area contributed by atoms with E-state index in [9.17, 15) is 27.1 Å². The van der Waals surface area contributed by atoms with Gasteiger partial charge in [0.05, 0.1) is 16.5 Å². The summed E-state index contributed by atoms with van der Waals surface area (Å²) in [5.74, 6) is -1.32. The molecule has 3 rings (SSSR count). The van der Waals surface area contributed by atoms with Crippen LogP contribution in [0.5, 0.6) is 0 Å². The molecule has 2 aromatic rings. The number of halogens is 3. The molecule has 11 heteroatoms. The number of nitrogens with zero attached hydrogens (tertiary/aromatic N) is 1. The molecule has 0 spiro atoms. The minimum atomic E-state index is -4.14. The summed E-state index contributed by atoms with van der Waals surface area (Å²) in [6.45, 7) is -1.09. The third kappa shape index (κ3) is 4.96. The molecule has 1 saturated heterocycles. The summed E-state index contributed by atoms with van der Waals surface area (Å²) in [6.07, 6.45) is -1.01. The summed E-state index contributed by atoms with van der Waals surface area (Å²) < 4.78 is 59.0. The number of rotatable bonds is 5.